The van der Waals surface area contributed by atoms with Crippen LogP contribution in [-0.4, -0.2) is 20.4 Å². The van der Waals surface area contributed by atoms with E-state index in [0.717, 1.165) is 15.2 Å². The van der Waals surface area contributed by atoms with Crippen LogP contribution >= 0.6 is 11.3 Å². The smallest absolute Gasteiger partial charge is 0.326 e. The van der Waals surface area contributed by atoms with Gasteiger partial charge in [0.15, 0.2) is 0 Å². The Morgan fingerprint density at radius 2 is 2.17 bits per heavy atom. The van der Waals surface area contributed by atoms with Crippen LogP contribution in [0.4, 0.5) is 5.69 Å². The zero-order valence-corrected chi connectivity index (χ0v) is 13.1. The lowest BCUT2D eigenvalue weighted by molar-refractivity contribution is -0.116. The maximum Gasteiger partial charge on any atom is 0.328 e. The quantitative estimate of drug-likeness (QED) is 0.757. The van der Waals surface area contributed by atoms with E-state index in [1.54, 1.807) is 17.4 Å². The standard InChI is InChI=1S/C15H14N4O3S/c1-9-16-11-3-2-10(8-12(11)23-9)17-13(20)4-6-19-7-5-14(21)18-15(19)22/h2-3,5,7-8H,4,6H2,1H3,(H,17,20)(H,18,21,22). The molecule has 0 aliphatic rings. The van der Waals surface area contributed by atoms with Crippen LogP contribution in [0, 0.1) is 6.92 Å². The van der Waals surface area contributed by atoms with Gasteiger partial charge in [0, 0.05) is 30.9 Å². The highest BCUT2D eigenvalue weighted by atomic mass is 32.1. The van der Waals surface area contributed by atoms with E-state index in [9.17, 15) is 14.4 Å². The second-order valence-corrected chi connectivity index (χ2v) is 6.25. The van der Waals surface area contributed by atoms with Crippen LogP contribution in [0.2, 0.25) is 0 Å². The maximum atomic E-state index is 12.0. The molecule has 23 heavy (non-hydrogen) atoms. The van der Waals surface area contributed by atoms with Crippen molar-refractivity contribution in [3.8, 4) is 0 Å². The van der Waals surface area contributed by atoms with Crippen molar-refractivity contribution in [2.75, 3.05) is 5.32 Å². The molecule has 2 aromatic heterocycles. The molecule has 2 N–H and O–H groups in total. The van der Waals surface area contributed by atoms with Gasteiger partial charge in [-0.05, 0) is 25.1 Å². The molecule has 3 rings (SSSR count). The summed E-state index contributed by atoms with van der Waals surface area (Å²) >= 11 is 1.57. The number of hydrogen-bond donors (Lipinski definition) is 2. The number of nitrogens with zero attached hydrogens (tertiary/aromatic N) is 2. The molecule has 0 fully saturated rings. The van der Waals surface area contributed by atoms with Crippen LogP contribution in [0.25, 0.3) is 10.2 Å². The van der Waals surface area contributed by atoms with Crippen molar-refractivity contribution < 1.29 is 4.79 Å². The fourth-order valence-electron chi connectivity index (χ4n) is 2.18. The number of aromatic nitrogens is 3. The van der Waals surface area contributed by atoms with E-state index in [0.29, 0.717) is 5.69 Å². The summed E-state index contributed by atoms with van der Waals surface area (Å²) in [5, 5.41) is 3.77. The van der Waals surface area contributed by atoms with Crippen molar-refractivity contribution in [1.82, 2.24) is 14.5 Å². The fraction of sp³-hybridized carbons (Fsp3) is 0.200. The normalized spacial score (nSPS) is 10.8. The summed E-state index contributed by atoms with van der Waals surface area (Å²) < 4.78 is 2.30. The molecule has 0 spiro atoms. The van der Waals surface area contributed by atoms with Gasteiger partial charge in [-0.2, -0.15) is 0 Å². The molecular formula is C15H14N4O3S. The molecule has 8 heteroatoms. The summed E-state index contributed by atoms with van der Waals surface area (Å²) in [5.41, 5.74) is 0.626. The topological polar surface area (TPSA) is 96.8 Å². The first-order valence-electron chi connectivity index (χ1n) is 6.98. The van der Waals surface area contributed by atoms with E-state index in [1.165, 1.54) is 16.8 Å². The van der Waals surface area contributed by atoms with E-state index in [2.05, 4.69) is 15.3 Å². The number of H-pyrrole nitrogens is 1. The van der Waals surface area contributed by atoms with Gasteiger partial charge >= 0.3 is 5.69 Å². The molecule has 0 aliphatic heterocycles. The second kappa shape index (κ2) is 6.17. The minimum absolute atomic E-state index is 0.131. The van der Waals surface area contributed by atoms with Crippen molar-refractivity contribution in [3.05, 3.63) is 56.3 Å². The monoisotopic (exact) mass is 330 g/mol. The van der Waals surface area contributed by atoms with E-state index < -0.39 is 11.2 Å². The minimum atomic E-state index is -0.521. The number of carbonyl (C=O) groups excluding carboxylic acids is 1. The van der Waals surface area contributed by atoms with Crippen molar-refractivity contribution in [1.29, 1.82) is 0 Å². The molecule has 0 aliphatic carbocycles. The van der Waals surface area contributed by atoms with Crippen LogP contribution in [-0.2, 0) is 11.3 Å². The van der Waals surface area contributed by atoms with Gasteiger partial charge in [0.25, 0.3) is 5.56 Å². The maximum absolute atomic E-state index is 12.0. The molecule has 7 nitrogen and oxygen atoms in total. The lowest BCUT2D eigenvalue weighted by Crippen LogP contribution is -2.29. The summed E-state index contributed by atoms with van der Waals surface area (Å²) in [6.45, 7) is 2.13. The van der Waals surface area contributed by atoms with Crippen LogP contribution < -0.4 is 16.6 Å². The van der Waals surface area contributed by atoms with Crippen LogP contribution in [0.1, 0.15) is 11.4 Å². The molecule has 1 aromatic carbocycles. The predicted octanol–water partition coefficient (Wildman–Crippen LogP) is 1.48. The predicted molar refractivity (Wildman–Crippen MR) is 88.9 cm³/mol. The summed E-state index contributed by atoms with van der Waals surface area (Å²) in [6, 6.07) is 6.79. The van der Waals surface area contributed by atoms with Gasteiger partial charge in [0.1, 0.15) is 0 Å². The number of thiazole rings is 1. The number of aryl methyl sites for hydroxylation is 2. The second-order valence-electron chi connectivity index (χ2n) is 5.02. The summed E-state index contributed by atoms with van der Waals surface area (Å²) in [7, 11) is 0. The Kier molecular flexibility index (Phi) is 4.07. The first-order valence-corrected chi connectivity index (χ1v) is 7.80. The molecule has 1 amide bonds. The first-order chi connectivity index (χ1) is 11.0. The molecular weight excluding hydrogens is 316 g/mol. The van der Waals surface area contributed by atoms with Gasteiger partial charge in [-0.15, -0.1) is 11.3 Å². The molecule has 0 saturated heterocycles. The Bertz CT molecular complexity index is 986. The SMILES string of the molecule is Cc1nc2ccc(NC(=O)CCn3ccc(=O)[nH]c3=O)cc2s1. The zero-order valence-electron chi connectivity index (χ0n) is 12.3. The number of fused-ring (bicyclic) bond motifs is 1. The number of anilines is 1. The number of nitrogens with one attached hydrogen (secondary N) is 2. The third-order valence-corrected chi connectivity index (χ3v) is 4.19. The average Bonchev–Trinajstić information content (AvgIpc) is 2.85. The number of carbonyl (C=O) groups is 1. The summed E-state index contributed by atoms with van der Waals surface area (Å²) in [6.07, 6.45) is 1.51. The van der Waals surface area contributed by atoms with Crippen LogP contribution in [0.5, 0.6) is 0 Å². The van der Waals surface area contributed by atoms with E-state index in [4.69, 9.17) is 0 Å². The Morgan fingerprint density at radius 1 is 1.35 bits per heavy atom. The fourth-order valence-corrected chi connectivity index (χ4v) is 3.05. The van der Waals surface area contributed by atoms with Crippen molar-refractivity contribution in [3.63, 3.8) is 0 Å². The minimum Gasteiger partial charge on any atom is -0.326 e. The first kappa shape index (κ1) is 15.2. The largest absolute Gasteiger partial charge is 0.328 e. The van der Waals surface area contributed by atoms with Gasteiger partial charge in [-0.3, -0.25) is 14.6 Å². The summed E-state index contributed by atoms with van der Waals surface area (Å²) in [4.78, 5) is 41.0. The van der Waals surface area contributed by atoms with E-state index in [1.807, 2.05) is 19.1 Å². The molecule has 0 radical (unpaired) electrons. The number of aromatic amines is 1. The van der Waals surface area contributed by atoms with Gasteiger partial charge in [0.2, 0.25) is 5.91 Å². The molecule has 0 atom stereocenters. The Labute approximate surface area is 134 Å². The van der Waals surface area contributed by atoms with Crippen molar-refractivity contribution >= 4 is 33.1 Å². The molecule has 0 unspecified atom stereocenters. The number of amides is 1. The Hall–Kier alpha value is -2.74. The lowest BCUT2D eigenvalue weighted by atomic mass is 10.3. The van der Waals surface area contributed by atoms with Crippen LogP contribution in [0.15, 0.2) is 40.1 Å². The molecule has 0 bridgehead atoms. The van der Waals surface area contributed by atoms with Gasteiger partial charge in [-0.1, -0.05) is 0 Å². The average molecular weight is 330 g/mol. The van der Waals surface area contributed by atoms with E-state index >= 15 is 0 Å². The number of hydrogen-bond acceptors (Lipinski definition) is 5. The van der Waals surface area contributed by atoms with Gasteiger partial charge in [-0.25, -0.2) is 9.78 Å². The molecule has 3 aromatic rings. The number of benzene rings is 1. The highest BCUT2D eigenvalue weighted by molar-refractivity contribution is 7.18. The Morgan fingerprint density at radius 3 is 2.96 bits per heavy atom. The molecule has 2 heterocycles. The van der Waals surface area contributed by atoms with Crippen LogP contribution in [0.3, 0.4) is 0 Å². The highest BCUT2D eigenvalue weighted by Crippen LogP contribution is 2.24. The van der Waals surface area contributed by atoms with Gasteiger partial charge < -0.3 is 9.88 Å². The van der Waals surface area contributed by atoms with Crippen molar-refractivity contribution in [2.45, 2.75) is 19.9 Å². The third-order valence-electron chi connectivity index (χ3n) is 3.26. The molecule has 0 saturated carbocycles. The lowest BCUT2D eigenvalue weighted by Gasteiger charge is -2.06. The third kappa shape index (κ3) is 3.54. The zero-order chi connectivity index (χ0) is 16.4. The highest BCUT2D eigenvalue weighted by Gasteiger charge is 2.06. The van der Waals surface area contributed by atoms with E-state index in [-0.39, 0.29) is 18.9 Å². The van der Waals surface area contributed by atoms with Crippen molar-refractivity contribution in [2.24, 2.45) is 0 Å². The number of rotatable bonds is 4. The summed E-state index contributed by atoms with van der Waals surface area (Å²) in [5.74, 6) is -0.205. The van der Waals surface area contributed by atoms with Gasteiger partial charge in [0.05, 0.1) is 15.2 Å². The molecule has 118 valence electrons. The Balaban J connectivity index is 1.66.